The van der Waals surface area contributed by atoms with Crippen LogP contribution in [0, 0.1) is 11.8 Å². The van der Waals surface area contributed by atoms with Crippen molar-refractivity contribution in [2.75, 3.05) is 13.1 Å². The highest BCUT2D eigenvalue weighted by Gasteiger charge is 2.31. The molecule has 1 aliphatic rings. The zero-order valence-corrected chi connectivity index (χ0v) is 15.9. The van der Waals surface area contributed by atoms with E-state index in [9.17, 15) is 8.42 Å². The molecule has 0 aliphatic carbocycles. The van der Waals surface area contributed by atoms with Crippen LogP contribution in [0.5, 0.6) is 11.5 Å². The highest BCUT2D eigenvalue weighted by Crippen LogP contribution is 2.31. The van der Waals surface area contributed by atoms with Gasteiger partial charge in [0.05, 0.1) is 9.92 Å². The van der Waals surface area contributed by atoms with Crippen LogP contribution in [0.4, 0.5) is 0 Å². The van der Waals surface area contributed by atoms with Crippen LogP contribution in [0.15, 0.2) is 53.4 Å². The molecule has 0 radical (unpaired) electrons. The maximum atomic E-state index is 12.9. The highest BCUT2D eigenvalue weighted by molar-refractivity contribution is 7.89. The second-order valence-corrected chi connectivity index (χ2v) is 9.12. The highest BCUT2D eigenvalue weighted by atomic mass is 35.5. The molecule has 25 heavy (non-hydrogen) atoms. The number of para-hydroxylation sites is 1. The smallest absolute Gasteiger partial charge is 0.243 e. The van der Waals surface area contributed by atoms with Gasteiger partial charge in [-0.1, -0.05) is 37.6 Å². The van der Waals surface area contributed by atoms with Crippen molar-refractivity contribution in [2.45, 2.75) is 25.2 Å². The molecule has 2 aromatic rings. The fourth-order valence-electron chi connectivity index (χ4n) is 3.29. The summed E-state index contributed by atoms with van der Waals surface area (Å²) < 4.78 is 33.0. The zero-order valence-electron chi connectivity index (χ0n) is 14.4. The van der Waals surface area contributed by atoms with Crippen molar-refractivity contribution in [1.29, 1.82) is 0 Å². The van der Waals surface area contributed by atoms with E-state index >= 15 is 0 Å². The molecule has 0 aromatic heterocycles. The summed E-state index contributed by atoms with van der Waals surface area (Å²) in [5, 5.41) is 0.510. The first-order valence-corrected chi connectivity index (χ1v) is 10.2. The largest absolute Gasteiger partial charge is 0.456 e. The molecule has 0 N–H and O–H groups in total. The molecule has 0 spiro atoms. The van der Waals surface area contributed by atoms with Crippen molar-refractivity contribution in [3.63, 3.8) is 0 Å². The van der Waals surface area contributed by atoms with Crippen molar-refractivity contribution < 1.29 is 13.2 Å². The average molecular weight is 380 g/mol. The molecule has 0 amide bonds. The maximum Gasteiger partial charge on any atom is 0.243 e. The summed E-state index contributed by atoms with van der Waals surface area (Å²) >= 11 is 6.08. The molecular weight excluding hydrogens is 358 g/mol. The summed E-state index contributed by atoms with van der Waals surface area (Å²) in [5.41, 5.74) is 0. The van der Waals surface area contributed by atoms with Gasteiger partial charge in [-0.3, -0.25) is 0 Å². The van der Waals surface area contributed by atoms with Crippen LogP contribution >= 0.6 is 11.6 Å². The van der Waals surface area contributed by atoms with E-state index in [2.05, 4.69) is 13.8 Å². The number of hydrogen-bond donors (Lipinski definition) is 0. The molecule has 134 valence electrons. The van der Waals surface area contributed by atoms with Crippen LogP contribution in [0.1, 0.15) is 20.3 Å². The molecule has 2 aromatic carbocycles. The van der Waals surface area contributed by atoms with Gasteiger partial charge < -0.3 is 4.74 Å². The van der Waals surface area contributed by atoms with Crippen molar-refractivity contribution in [1.82, 2.24) is 4.31 Å². The van der Waals surface area contributed by atoms with Gasteiger partial charge in [0.2, 0.25) is 10.0 Å². The monoisotopic (exact) mass is 379 g/mol. The molecule has 6 heteroatoms. The summed E-state index contributed by atoms with van der Waals surface area (Å²) in [6.45, 7) is 5.34. The van der Waals surface area contributed by atoms with Crippen LogP contribution in [0.2, 0.25) is 5.02 Å². The van der Waals surface area contributed by atoms with Crippen molar-refractivity contribution >= 4 is 21.6 Å². The van der Waals surface area contributed by atoms with Crippen LogP contribution in [-0.4, -0.2) is 25.8 Å². The summed E-state index contributed by atoms with van der Waals surface area (Å²) in [6, 6.07) is 13.7. The standard InChI is InChI=1S/C19H22ClNO3S/c1-14-11-15(2)13-21(12-14)25(22,23)17-9-7-16(8-10-17)24-19-6-4-3-5-18(19)20/h3-10,14-15H,11-13H2,1-2H3. The predicted octanol–water partition coefficient (Wildman–Crippen LogP) is 4.80. The van der Waals surface area contributed by atoms with E-state index in [0.717, 1.165) is 6.42 Å². The Hall–Kier alpha value is -1.56. The Balaban J connectivity index is 1.78. The van der Waals surface area contributed by atoms with E-state index in [1.165, 1.54) is 0 Å². The third-order valence-electron chi connectivity index (χ3n) is 4.36. The van der Waals surface area contributed by atoms with Crippen LogP contribution in [0.25, 0.3) is 0 Å². The molecule has 2 atom stereocenters. The number of ether oxygens (including phenoxy) is 1. The number of piperidine rings is 1. The lowest BCUT2D eigenvalue weighted by molar-refractivity contribution is 0.222. The molecule has 4 nitrogen and oxygen atoms in total. The normalized spacial score (nSPS) is 21.9. The zero-order chi connectivity index (χ0) is 18.0. The Morgan fingerprint density at radius 1 is 1.00 bits per heavy atom. The number of benzene rings is 2. The summed E-state index contributed by atoms with van der Waals surface area (Å²) in [4.78, 5) is 0.292. The molecule has 0 bridgehead atoms. The average Bonchev–Trinajstić information content (AvgIpc) is 2.56. The van der Waals surface area contributed by atoms with Crippen LogP contribution in [-0.2, 0) is 10.0 Å². The first-order chi connectivity index (χ1) is 11.9. The Bertz CT molecular complexity index is 826. The lowest BCUT2D eigenvalue weighted by Crippen LogP contribution is -2.42. The minimum atomic E-state index is -3.47. The van der Waals surface area contributed by atoms with Crippen molar-refractivity contribution in [3.8, 4) is 11.5 Å². The van der Waals surface area contributed by atoms with E-state index in [0.29, 0.717) is 46.3 Å². The Labute approximate surface area is 154 Å². The minimum Gasteiger partial charge on any atom is -0.456 e. The van der Waals surface area contributed by atoms with Crippen molar-refractivity contribution in [2.24, 2.45) is 11.8 Å². The van der Waals surface area contributed by atoms with E-state index < -0.39 is 10.0 Å². The number of nitrogens with zero attached hydrogens (tertiary/aromatic N) is 1. The first-order valence-electron chi connectivity index (χ1n) is 8.39. The molecule has 1 fully saturated rings. The fourth-order valence-corrected chi connectivity index (χ4v) is 5.14. The van der Waals surface area contributed by atoms with E-state index in [1.807, 2.05) is 12.1 Å². The third-order valence-corrected chi connectivity index (χ3v) is 6.52. The molecule has 3 rings (SSSR count). The van der Waals surface area contributed by atoms with Gasteiger partial charge in [0.25, 0.3) is 0 Å². The number of halogens is 1. The van der Waals surface area contributed by atoms with Gasteiger partial charge in [0.1, 0.15) is 11.5 Å². The molecule has 0 saturated carbocycles. The van der Waals surface area contributed by atoms with Gasteiger partial charge in [-0.25, -0.2) is 8.42 Å². The maximum absolute atomic E-state index is 12.9. The lowest BCUT2D eigenvalue weighted by Gasteiger charge is -2.34. The van der Waals surface area contributed by atoms with Crippen LogP contribution < -0.4 is 4.74 Å². The van der Waals surface area contributed by atoms with Gasteiger partial charge in [0.15, 0.2) is 0 Å². The topological polar surface area (TPSA) is 46.6 Å². The second kappa shape index (κ2) is 7.36. The SMILES string of the molecule is CC1CC(C)CN(S(=O)(=O)c2ccc(Oc3ccccc3Cl)cc2)C1. The minimum absolute atomic E-state index is 0.292. The van der Waals surface area contributed by atoms with Gasteiger partial charge in [-0.15, -0.1) is 0 Å². The summed E-state index contributed by atoms with van der Waals surface area (Å²) in [7, 11) is -3.47. The molecule has 2 unspecified atom stereocenters. The van der Waals surface area contributed by atoms with Crippen LogP contribution in [0.3, 0.4) is 0 Å². The summed E-state index contributed by atoms with van der Waals surface area (Å²) in [6.07, 6.45) is 1.07. The van der Waals surface area contributed by atoms with E-state index in [1.54, 1.807) is 40.7 Å². The quantitative estimate of drug-likeness (QED) is 0.766. The molecule has 1 heterocycles. The molecular formula is C19H22ClNO3S. The van der Waals surface area contributed by atoms with Gasteiger partial charge in [-0.05, 0) is 54.7 Å². The van der Waals surface area contributed by atoms with E-state index in [-0.39, 0.29) is 0 Å². The predicted molar refractivity (Wildman–Crippen MR) is 99.7 cm³/mol. The number of sulfonamides is 1. The number of hydrogen-bond acceptors (Lipinski definition) is 3. The lowest BCUT2D eigenvalue weighted by atomic mass is 9.94. The van der Waals surface area contributed by atoms with E-state index in [4.69, 9.17) is 16.3 Å². The number of rotatable bonds is 4. The molecule has 1 aliphatic heterocycles. The third kappa shape index (κ3) is 4.17. The Morgan fingerprint density at radius 3 is 2.20 bits per heavy atom. The fraction of sp³-hybridized carbons (Fsp3) is 0.368. The first kappa shape index (κ1) is 18.2. The summed E-state index contributed by atoms with van der Waals surface area (Å²) in [5.74, 6) is 1.84. The van der Waals surface area contributed by atoms with Crippen molar-refractivity contribution in [3.05, 3.63) is 53.6 Å². The van der Waals surface area contributed by atoms with Gasteiger partial charge >= 0.3 is 0 Å². The molecule has 1 saturated heterocycles. The Kier molecular flexibility index (Phi) is 5.37. The Morgan fingerprint density at radius 2 is 1.60 bits per heavy atom. The van der Waals surface area contributed by atoms with Gasteiger partial charge in [-0.2, -0.15) is 4.31 Å². The van der Waals surface area contributed by atoms with Gasteiger partial charge in [0, 0.05) is 13.1 Å². The second-order valence-electron chi connectivity index (χ2n) is 6.77.